The Kier molecular flexibility index (Phi) is 5.48. The van der Waals surface area contributed by atoms with E-state index in [0.717, 1.165) is 44.0 Å². The van der Waals surface area contributed by atoms with Gasteiger partial charge in [-0.15, -0.1) is 10.2 Å². The minimum atomic E-state index is 0.0856. The van der Waals surface area contributed by atoms with Gasteiger partial charge >= 0.3 is 0 Å². The zero-order valence-electron chi connectivity index (χ0n) is 15.3. The van der Waals surface area contributed by atoms with Crippen molar-refractivity contribution in [2.45, 2.75) is 19.5 Å². The highest BCUT2D eigenvalue weighted by Crippen LogP contribution is 2.26. The van der Waals surface area contributed by atoms with E-state index in [9.17, 15) is 0 Å². The van der Waals surface area contributed by atoms with Crippen molar-refractivity contribution >= 4 is 11.6 Å². The highest BCUT2D eigenvalue weighted by atomic mass is 35.5. The Labute approximate surface area is 163 Å². The molecule has 3 heterocycles. The third-order valence-electron chi connectivity index (χ3n) is 4.94. The Morgan fingerprint density at radius 2 is 1.93 bits per heavy atom. The van der Waals surface area contributed by atoms with Gasteiger partial charge in [-0.25, -0.2) is 0 Å². The van der Waals surface area contributed by atoms with Crippen molar-refractivity contribution in [3.8, 4) is 11.5 Å². The predicted molar refractivity (Wildman–Crippen MR) is 104 cm³/mol. The molecule has 1 fully saturated rings. The Bertz CT molecular complexity index is 877. The monoisotopic (exact) mass is 383 g/mol. The van der Waals surface area contributed by atoms with Gasteiger partial charge in [0, 0.05) is 49.5 Å². The number of benzene rings is 1. The van der Waals surface area contributed by atoms with Gasteiger partial charge in [0.1, 0.15) is 0 Å². The van der Waals surface area contributed by atoms with Crippen LogP contribution in [-0.4, -0.2) is 51.2 Å². The molecule has 7 heteroatoms. The molecule has 0 aliphatic carbocycles. The first-order chi connectivity index (χ1) is 13.2. The average Bonchev–Trinajstić information content (AvgIpc) is 3.19. The average molecular weight is 384 g/mol. The first kappa shape index (κ1) is 18.1. The van der Waals surface area contributed by atoms with Crippen LogP contribution in [0.1, 0.15) is 24.6 Å². The maximum absolute atomic E-state index is 6.05. The van der Waals surface area contributed by atoms with E-state index in [1.54, 1.807) is 0 Å². The Morgan fingerprint density at radius 1 is 1.07 bits per heavy atom. The van der Waals surface area contributed by atoms with Crippen LogP contribution in [-0.2, 0) is 6.54 Å². The molecule has 0 saturated carbocycles. The summed E-state index contributed by atoms with van der Waals surface area (Å²) in [4.78, 5) is 9.22. The molecule has 1 aromatic carbocycles. The van der Waals surface area contributed by atoms with Gasteiger partial charge in [-0.05, 0) is 37.3 Å². The fraction of sp³-hybridized carbons (Fsp3) is 0.350. The maximum atomic E-state index is 6.05. The van der Waals surface area contributed by atoms with Crippen LogP contribution >= 0.6 is 11.6 Å². The second-order valence-corrected chi connectivity index (χ2v) is 7.20. The Hall–Kier alpha value is -2.28. The first-order valence-electron chi connectivity index (χ1n) is 9.15. The molecular weight excluding hydrogens is 362 g/mol. The van der Waals surface area contributed by atoms with Crippen molar-refractivity contribution in [2.75, 3.05) is 26.2 Å². The second-order valence-electron chi connectivity index (χ2n) is 6.76. The van der Waals surface area contributed by atoms with Crippen LogP contribution in [0.4, 0.5) is 0 Å². The van der Waals surface area contributed by atoms with E-state index < -0.39 is 0 Å². The van der Waals surface area contributed by atoms with Crippen molar-refractivity contribution in [3.05, 3.63) is 65.3 Å². The summed E-state index contributed by atoms with van der Waals surface area (Å²) in [7, 11) is 0. The molecule has 0 amide bonds. The predicted octanol–water partition coefficient (Wildman–Crippen LogP) is 3.66. The van der Waals surface area contributed by atoms with E-state index >= 15 is 0 Å². The fourth-order valence-corrected chi connectivity index (χ4v) is 3.52. The number of pyridine rings is 1. The van der Waals surface area contributed by atoms with Crippen molar-refractivity contribution < 1.29 is 4.42 Å². The Balaban J connectivity index is 1.36. The van der Waals surface area contributed by atoms with E-state index in [4.69, 9.17) is 16.0 Å². The van der Waals surface area contributed by atoms with Crippen LogP contribution in [0, 0.1) is 0 Å². The van der Waals surface area contributed by atoms with Gasteiger partial charge in [0.25, 0.3) is 0 Å². The van der Waals surface area contributed by atoms with Gasteiger partial charge in [-0.2, -0.15) is 0 Å². The van der Waals surface area contributed by atoms with Gasteiger partial charge < -0.3 is 4.42 Å². The standard InChI is InChI=1S/C20H22ClN5O/c1-15(19-23-24-20(27-19)16-5-4-6-17(21)13-16)26-11-9-25(10-12-26)14-18-7-2-3-8-22-18/h2-8,13,15H,9-12,14H2,1H3. The molecule has 27 heavy (non-hydrogen) atoms. The number of hydrogen-bond donors (Lipinski definition) is 0. The number of hydrogen-bond acceptors (Lipinski definition) is 6. The van der Waals surface area contributed by atoms with E-state index in [1.165, 1.54) is 0 Å². The molecule has 0 radical (unpaired) electrons. The lowest BCUT2D eigenvalue weighted by molar-refractivity contribution is 0.0869. The van der Waals surface area contributed by atoms with Gasteiger partial charge in [0.05, 0.1) is 11.7 Å². The summed E-state index contributed by atoms with van der Waals surface area (Å²) in [6.07, 6.45) is 1.85. The van der Waals surface area contributed by atoms with Crippen molar-refractivity contribution in [3.63, 3.8) is 0 Å². The van der Waals surface area contributed by atoms with Crippen LogP contribution in [0.5, 0.6) is 0 Å². The summed E-state index contributed by atoms with van der Waals surface area (Å²) < 4.78 is 5.92. The van der Waals surface area contributed by atoms with E-state index in [2.05, 4.69) is 38.0 Å². The molecule has 1 saturated heterocycles. The molecule has 3 aromatic rings. The van der Waals surface area contributed by atoms with Crippen LogP contribution in [0.3, 0.4) is 0 Å². The van der Waals surface area contributed by atoms with E-state index in [1.807, 2.05) is 42.6 Å². The van der Waals surface area contributed by atoms with Crippen LogP contribution < -0.4 is 0 Å². The molecule has 1 aliphatic rings. The summed E-state index contributed by atoms with van der Waals surface area (Å²) in [6.45, 7) is 6.92. The lowest BCUT2D eigenvalue weighted by Crippen LogP contribution is -2.46. The quantitative estimate of drug-likeness (QED) is 0.670. The van der Waals surface area contributed by atoms with Crippen LogP contribution in [0.15, 0.2) is 53.1 Å². The number of piperazine rings is 1. The zero-order valence-corrected chi connectivity index (χ0v) is 16.0. The lowest BCUT2D eigenvalue weighted by atomic mass is 10.2. The Morgan fingerprint density at radius 3 is 2.67 bits per heavy atom. The third kappa shape index (κ3) is 4.35. The molecule has 4 rings (SSSR count). The summed E-state index contributed by atoms with van der Waals surface area (Å²) >= 11 is 6.05. The van der Waals surface area contributed by atoms with Crippen LogP contribution in [0.25, 0.3) is 11.5 Å². The molecule has 2 aromatic heterocycles. The molecule has 1 unspecified atom stereocenters. The van der Waals surface area contributed by atoms with Crippen molar-refractivity contribution in [1.82, 2.24) is 25.0 Å². The normalized spacial score (nSPS) is 17.1. The largest absolute Gasteiger partial charge is 0.419 e. The van der Waals surface area contributed by atoms with Gasteiger partial charge in [0.15, 0.2) is 0 Å². The molecule has 0 bridgehead atoms. The molecule has 6 nitrogen and oxygen atoms in total. The molecular formula is C20H22ClN5O. The molecule has 1 atom stereocenters. The minimum Gasteiger partial charge on any atom is -0.419 e. The van der Waals surface area contributed by atoms with Crippen LogP contribution in [0.2, 0.25) is 5.02 Å². The van der Waals surface area contributed by atoms with Gasteiger partial charge in [0.2, 0.25) is 11.8 Å². The summed E-state index contributed by atoms with van der Waals surface area (Å²) in [6, 6.07) is 13.6. The summed E-state index contributed by atoms with van der Waals surface area (Å²) in [5, 5.41) is 9.11. The fourth-order valence-electron chi connectivity index (χ4n) is 3.33. The number of rotatable bonds is 5. The number of aromatic nitrogens is 3. The van der Waals surface area contributed by atoms with Crippen molar-refractivity contribution in [1.29, 1.82) is 0 Å². The van der Waals surface area contributed by atoms with Gasteiger partial charge in [-0.3, -0.25) is 14.8 Å². The van der Waals surface area contributed by atoms with Gasteiger partial charge in [-0.1, -0.05) is 23.7 Å². The van der Waals surface area contributed by atoms with Crippen molar-refractivity contribution in [2.24, 2.45) is 0 Å². The summed E-state index contributed by atoms with van der Waals surface area (Å²) in [5.41, 5.74) is 1.95. The minimum absolute atomic E-state index is 0.0856. The number of nitrogens with zero attached hydrogens (tertiary/aromatic N) is 5. The lowest BCUT2D eigenvalue weighted by Gasteiger charge is -2.36. The SMILES string of the molecule is CC(c1nnc(-c2cccc(Cl)c2)o1)N1CCN(Cc2ccccn2)CC1. The third-order valence-corrected chi connectivity index (χ3v) is 5.17. The smallest absolute Gasteiger partial charge is 0.247 e. The van der Waals surface area contributed by atoms with E-state index in [0.29, 0.717) is 16.8 Å². The highest BCUT2D eigenvalue weighted by Gasteiger charge is 2.26. The zero-order chi connectivity index (χ0) is 18.6. The molecule has 140 valence electrons. The molecule has 0 N–H and O–H groups in total. The highest BCUT2D eigenvalue weighted by molar-refractivity contribution is 6.30. The number of halogens is 1. The van der Waals surface area contributed by atoms with E-state index in [-0.39, 0.29) is 6.04 Å². The molecule has 1 aliphatic heterocycles. The topological polar surface area (TPSA) is 58.3 Å². The molecule has 0 spiro atoms. The maximum Gasteiger partial charge on any atom is 0.247 e. The first-order valence-corrected chi connectivity index (χ1v) is 9.52. The summed E-state index contributed by atoms with van der Waals surface area (Å²) in [5.74, 6) is 1.15. The second kappa shape index (κ2) is 8.17.